The van der Waals surface area contributed by atoms with Gasteiger partial charge in [0.15, 0.2) is 0 Å². The van der Waals surface area contributed by atoms with Crippen LogP contribution in [0.15, 0.2) is 48.8 Å². The highest BCUT2D eigenvalue weighted by Gasteiger charge is 2.13. The second-order valence-electron chi connectivity index (χ2n) is 5.22. The van der Waals surface area contributed by atoms with Gasteiger partial charge in [0.25, 0.3) is 0 Å². The summed E-state index contributed by atoms with van der Waals surface area (Å²) in [5.41, 5.74) is 1.37. The molecule has 1 aromatic heterocycles. The molecule has 1 heterocycles. The molecule has 126 valence electrons. The third kappa shape index (κ3) is 5.72. The highest BCUT2D eigenvalue weighted by atomic mass is 16.5. The molecule has 2 rings (SSSR count). The quantitative estimate of drug-likeness (QED) is 0.605. The summed E-state index contributed by atoms with van der Waals surface area (Å²) in [5, 5.41) is 5.10. The molecule has 24 heavy (non-hydrogen) atoms. The Morgan fingerprint density at radius 2 is 1.92 bits per heavy atom. The van der Waals surface area contributed by atoms with Gasteiger partial charge >= 0.3 is 11.8 Å². The van der Waals surface area contributed by atoms with Crippen molar-refractivity contribution in [3.05, 3.63) is 54.4 Å². The first-order chi connectivity index (χ1) is 11.7. The molecule has 2 N–H and O–H groups in total. The number of hydrogen-bond acceptors (Lipinski definition) is 4. The van der Waals surface area contributed by atoms with Gasteiger partial charge in [-0.1, -0.05) is 19.4 Å². The van der Waals surface area contributed by atoms with Crippen LogP contribution >= 0.6 is 0 Å². The molecule has 0 aliphatic heterocycles. The van der Waals surface area contributed by atoms with Gasteiger partial charge in [0.05, 0.1) is 6.61 Å². The Kier molecular flexibility index (Phi) is 6.76. The minimum atomic E-state index is -0.710. The summed E-state index contributed by atoms with van der Waals surface area (Å²) in [4.78, 5) is 27.6. The molecule has 0 unspecified atom stereocenters. The van der Waals surface area contributed by atoms with Crippen molar-refractivity contribution in [2.24, 2.45) is 0 Å². The Labute approximate surface area is 141 Å². The number of rotatable bonds is 7. The van der Waals surface area contributed by atoms with Crippen molar-refractivity contribution < 1.29 is 14.3 Å². The number of carbonyl (C=O) groups excluding carboxylic acids is 2. The average Bonchev–Trinajstić information content (AvgIpc) is 2.62. The second-order valence-corrected chi connectivity index (χ2v) is 5.22. The summed E-state index contributed by atoms with van der Waals surface area (Å²) in [7, 11) is 0. The van der Waals surface area contributed by atoms with Crippen LogP contribution in [0, 0.1) is 0 Å². The van der Waals surface area contributed by atoms with Crippen LogP contribution in [0.5, 0.6) is 5.75 Å². The van der Waals surface area contributed by atoms with E-state index >= 15 is 0 Å². The van der Waals surface area contributed by atoms with Gasteiger partial charge in [-0.05, 0) is 42.3 Å². The molecule has 1 aromatic carbocycles. The molecule has 0 saturated carbocycles. The lowest BCUT2D eigenvalue weighted by molar-refractivity contribution is -0.136. The van der Waals surface area contributed by atoms with Crippen LogP contribution in [0.2, 0.25) is 0 Å². The maximum Gasteiger partial charge on any atom is 0.313 e. The summed E-state index contributed by atoms with van der Waals surface area (Å²) in [6.45, 7) is 3.02. The number of anilines is 1. The Morgan fingerprint density at radius 3 is 2.58 bits per heavy atom. The molecule has 6 nitrogen and oxygen atoms in total. The normalized spacial score (nSPS) is 10.0. The molecule has 0 saturated heterocycles. The smallest absolute Gasteiger partial charge is 0.313 e. The van der Waals surface area contributed by atoms with Gasteiger partial charge in [-0.25, -0.2) is 0 Å². The number of unbranched alkanes of at least 4 members (excludes halogenated alkanes) is 1. The van der Waals surface area contributed by atoms with E-state index in [2.05, 4.69) is 22.5 Å². The Balaban J connectivity index is 1.79. The van der Waals surface area contributed by atoms with E-state index in [0.717, 1.165) is 24.2 Å². The molecule has 0 atom stereocenters. The van der Waals surface area contributed by atoms with E-state index in [0.29, 0.717) is 12.3 Å². The highest BCUT2D eigenvalue weighted by Crippen LogP contribution is 2.16. The van der Waals surface area contributed by atoms with Crippen LogP contribution in [0.4, 0.5) is 5.69 Å². The van der Waals surface area contributed by atoms with E-state index in [4.69, 9.17) is 4.74 Å². The molecule has 2 aromatic rings. The fourth-order valence-electron chi connectivity index (χ4n) is 1.92. The van der Waals surface area contributed by atoms with Gasteiger partial charge < -0.3 is 15.4 Å². The third-order valence-electron chi connectivity index (χ3n) is 3.26. The lowest BCUT2D eigenvalue weighted by atomic mass is 10.3. The van der Waals surface area contributed by atoms with Crippen molar-refractivity contribution >= 4 is 17.5 Å². The van der Waals surface area contributed by atoms with Gasteiger partial charge in [0.1, 0.15) is 5.75 Å². The molecule has 0 bridgehead atoms. The number of hydrogen-bond donors (Lipinski definition) is 2. The van der Waals surface area contributed by atoms with E-state index in [1.54, 1.807) is 42.7 Å². The zero-order valence-electron chi connectivity index (χ0n) is 13.6. The number of aromatic nitrogens is 1. The number of carbonyl (C=O) groups is 2. The topological polar surface area (TPSA) is 80.3 Å². The second kappa shape index (κ2) is 9.29. The number of pyridine rings is 1. The molecule has 6 heteroatoms. The van der Waals surface area contributed by atoms with Crippen LogP contribution in [-0.4, -0.2) is 23.4 Å². The fourth-order valence-corrected chi connectivity index (χ4v) is 1.92. The Morgan fingerprint density at radius 1 is 1.12 bits per heavy atom. The largest absolute Gasteiger partial charge is 0.494 e. The van der Waals surface area contributed by atoms with Crippen LogP contribution in [0.1, 0.15) is 25.3 Å². The molecule has 2 amide bonds. The lowest BCUT2D eigenvalue weighted by Gasteiger charge is -2.08. The van der Waals surface area contributed by atoms with E-state index in [1.807, 2.05) is 6.07 Å². The van der Waals surface area contributed by atoms with Crippen molar-refractivity contribution in [1.29, 1.82) is 0 Å². The number of ether oxygens (including phenoxy) is 1. The zero-order valence-corrected chi connectivity index (χ0v) is 13.6. The number of nitrogens with zero attached hydrogens (tertiary/aromatic N) is 1. The number of nitrogens with one attached hydrogen (secondary N) is 2. The standard InChI is InChI=1S/C18H21N3O3/c1-2-3-11-24-16-8-6-15(7-9-16)21-18(23)17(22)20-13-14-5-4-10-19-12-14/h4-10,12H,2-3,11,13H2,1H3,(H,20,22)(H,21,23). The van der Waals surface area contributed by atoms with E-state index < -0.39 is 11.8 Å². The van der Waals surface area contributed by atoms with Crippen LogP contribution in [-0.2, 0) is 16.1 Å². The molecule has 0 aliphatic rings. The minimum Gasteiger partial charge on any atom is -0.494 e. The van der Waals surface area contributed by atoms with Crippen molar-refractivity contribution in [2.45, 2.75) is 26.3 Å². The molecule has 0 aliphatic carbocycles. The first kappa shape index (κ1) is 17.5. The summed E-state index contributed by atoms with van der Waals surface area (Å²) >= 11 is 0. The predicted molar refractivity (Wildman–Crippen MR) is 91.6 cm³/mol. The lowest BCUT2D eigenvalue weighted by Crippen LogP contribution is -2.34. The van der Waals surface area contributed by atoms with Gasteiger partial charge in [0, 0.05) is 24.6 Å². The monoisotopic (exact) mass is 327 g/mol. The van der Waals surface area contributed by atoms with Crippen molar-refractivity contribution in [2.75, 3.05) is 11.9 Å². The number of benzene rings is 1. The van der Waals surface area contributed by atoms with E-state index in [1.165, 1.54) is 0 Å². The van der Waals surface area contributed by atoms with Crippen molar-refractivity contribution in [1.82, 2.24) is 10.3 Å². The summed E-state index contributed by atoms with van der Waals surface area (Å²) < 4.78 is 5.54. The van der Waals surface area contributed by atoms with Crippen LogP contribution < -0.4 is 15.4 Å². The summed E-state index contributed by atoms with van der Waals surface area (Å²) in [6.07, 6.45) is 5.35. The fraction of sp³-hybridized carbons (Fsp3) is 0.278. The highest BCUT2D eigenvalue weighted by molar-refractivity contribution is 6.39. The van der Waals surface area contributed by atoms with E-state index in [-0.39, 0.29) is 6.54 Å². The first-order valence-corrected chi connectivity index (χ1v) is 7.90. The maximum atomic E-state index is 11.9. The van der Waals surface area contributed by atoms with E-state index in [9.17, 15) is 9.59 Å². The van der Waals surface area contributed by atoms with Crippen LogP contribution in [0.25, 0.3) is 0 Å². The molecule has 0 radical (unpaired) electrons. The van der Waals surface area contributed by atoms with Crippen LogP contribution in [0.3, 0.4) is 0 Å². The first-order valence-electron chi connectivity index (χ1n) is 7.90. The zero-order chi connectivity index (χ0) is 17.2. The Bertz CT molecular complexity index is 657. The molecular weight excluding hydrogens is 306 g/mol. The predicted octanol–water partition coefficient (Wildman–Crippen LogP) is 2.52. The molecule has 0 fully saturated rings. The van der Waals surface area contributed by atoms with Crippen molar-refractivity contribution in [3.8, 4) is 5.75 Å². The van der Waals surface area contributed by atoms with Gasteiger partial charge in [-0.2, -0.15) is 0 Å². The third-order valence-corrected chi connectivity index (χ3v) is 3.26. The summed E-state index contributed by atoms with van der Waals surface area (Å²) in [5.74, 6) is -0.664. The van der Waals surface area contributed by atoms with Gasteiger partial charge in [-0.15, -0.1) is 0 Å². The molecular formula is C18H21N3O3. The molecule has 0 spiro atoms. The Hall–Kier alpha value is -2.89. The minimum absolute atomic E-state index is 0.254. The average molecular weight is 327 g/mol. The van der Waals surface area contributed by atoms with Gasteiger partial charge in [0.2, 0.25) is 0 Å². The maximum absolute atomic E-state index is 11.9. The van der Waals surface area contributed by atoms with Gasteiger partial charge in [-0.3, -0.25) is 14.6 Å². The number of amides is 2. The van der Waals surface area contributed by atoms with Crippen molar-refractivity contribution in [3.63, 3.8) is 0 Å². The summed E-state index contributed by atoms with van der Waals surface area (Å²) in [6, 6.07) is 10.5. The SMILES string of the molecule is CCCCOc1ccc(NC(=O)C(=O)NCc2cccnc2)cc1.